The third-order valence-electron chi connectivity index (χ3n) is 2.58. The van der Waals surface area contributed by atoms with Crippen molar-refractivity contribution in [1.29, 1.82) is 0 Å². The molecule has 0 aliphatic carbocycles. The molecule has 0 atom stereocenters. The number of urea groups is 1. The molecule has 5 nitrogen and oxygen atoms in total. The number of hydrogen-bond acceptors (Lipinski definition) is 3. The lowest BCUT2D eigenvalue weighted by molar-refractivity contribution is 0.211. The number of furan rings is 1. The topological polar surface area (TPSA) is 71.5 Å². The van der Waals surface area contributed by atoms with Crippen LogP contribution in [-0.2, 0) is 13.1 Å². The molecule has 2 amide bonds. The Kier molecular flexibility index (Phi) is 2.64. The van der Waals surface area contributed by atoms with Crippen molar-refractivity contribution in [3.05, 3.63) is 23.2 Å². The summed E-state index contributed by atoms with van der Waals surface area (Å²) in [6.45, 7) is 4.32. The second-order valence-corrected chi connectivity index (χ2v) is 3.65. The van der Waals surface area contributed by atoms with Crippen LogP contribution in [0.1, 0.15) is 17.1 Å². The van der Waals surface area contributed by atoms with Gasteiger partial charge in [-0.1, -0.05) is 0 Å². The minimum Gasteiger partial charge on any atom is -0.464 e. The zero-order chi connectivity index (χ0) is 10.8. The number of nitrogens with zero attached hydrogens (tertiary/aromatic N) is 1. The van der Waals surface area contributed by atoms with Gasteiger partial charge in [-0.2, -0.15) is 0 Å². The number of amides is 2. The number of carbonyl (C=O) groups excluding carboxylic acids is 1. The Morgan fingerprint density at radius 2 is 2.47 bits per heavy atom. The van der Waals surface area contributed by atoms with Crippen molar-refractivity contribution in [2.75, 3.05) is 13.1 Å². The normalized spacial score (nSPS) is 15.9. The average Bonchev–Trinajstić information content (AvgIpc) is 2.75. The fraction of sp³-hybridized carbons (Fsp3) is 0.500. The maximum Gasteiger partial charge on any atom is 0.317 e. The molecule has 1 aliphatic rings. The van der Waals surface area contributed by atoms with E-state index >= 15 is 0 Å². The van der Waals surface area contributed by atoms with Crippen LogP contribution in [0.2, 0.25) is 0 Å². The molecule has 0 bridgehead atoms. The van der Waals surface area contributed by atoms with E-state index in [1.807, 2.05) is 13.0 Å². The van der Waals surface area contributed by atoms with E-state index < -0.39 is 0 Å². The monoisotopic (exact) mass is 209 g/mol. The van der Waals surface area contributed by atoms with Gasteiger partial charge >= 0.3 is 6.03 Å². The molecule has 2 rings (SSSR count). The highest BCUT2D eigenvalue weighted by atomic mass is 16.3. The van der Waals surface area contributed by atoms with Crippen molar-refractivity contribution in [3.63, 3.8) is 0 Å². The highest BCUT2D eigenvalue weighted by Gasteiger charge is 2.21. The van der Waals surface area contributed by atoms with Crippen LogP contribution >= 0.6 is 0 Å². The van der Waals surface area contributed by atoms with Crippen molar-refractivity contribution in [3.8, 4) is 0 Å². The first kappa shape index (κ1) is 10.0. The molecule has 0 radical (unpaired) electrons. The molecular formula is C10H15N3O2. The minimum atomic E-state index is -0.0293. The zero-order valence-corrected chi connectivity index (χ0v) is 8.75. The molecule has 82 valence electrons. The number of nitrogens with two attached hydrogens (primary N) is 1. The van der Waals surface area contributed by atoms with Gasteiger partial charge in [0, 0.05) is 25.2 Å². The third kappa shape index (κ3) is 1.97. The number of aryl methyl sites for hydroxylation is 1. The summed E-state index contributed by atoms with van der Waals surface area (Å²) in [4.78, 5) is 13.0. The van der Waals surface area contributed by atoms with Gasteiger partial charge in [-0.05, 0) is 13.0 Å². The smallest absolute Gasteiger partial charge is 0.317 e. The Labute approximate surface area is 88.2 Å². The molecule has 1 saturated heterocycles. The first-order valence-corrected chi connectivity index (χ1v) is 5.01. The van der Waals surface area contributed by atoms with Crippen LogP contribution < -0.4 is 11.1 Å². The van der Waals surface area contributed by atoms with Crippen molar-refractivity contribution in [2.45, 2.75) is 20.0 Å². The SMILES string of the molecule is Cc1oc(CN2CCNC2=O)cc1CN. The Morgan fingerprint density at radius 1 is 1.67 bits per heavy atom. The first-order chi connectivity index (χ1) is 7.20. The summed E-state index contributed by atoms with van der Waals surface area (Å²) in [6, 6.07) is 1.89. The fourth-order valence-electron chi connectivity index (χ4n) is 1.72. The van der Waals surface area contributed by atoms with Crippen molar-refractivity contribution in [1.82, 2.24) is 10.2 Å². The quantitative estimate of drug-likeness (QED) is 0.764. The molecule has 0 saturated carbocycles. The average molecular weight is 209 g/mol. The Bertz CT molecular complexity index is 373. The third-order valence-corrected chi connectivity index (χ3v) is 2.58. The summed E-state index contributed by atoms with van der Waals surface area (Å²) in [5.41, 5.74) is 6.55. The van der Waals surface area contributed by atoms with Crippen molar-refractivity contribution in [2.24, 2.45) is 5.73 Å². The molecular weight excluding hydrogens is 194 g/mol. The van der Waals surface area contributed by atoms with Crippen LogP contribution in [-0.4, -0.2) is 24.0 Å². The van der Waals surface area contributed by atoms with E-state index in [-0.39, 0.29) is 6.03 Å². The summed E-state index contributed by atoms with van der Waals surface area (Å²) in [5, 5.41) is 2.75. The second-order valence-electron chi connectivity index (χ2n) is 3.65. The van der Waals surface area contributed by atoms with E-state index in [1.165, 1.54) is 0 Å². The van der Waals surface area contributed by atoms with Gasteiger partial charge in [-0.15, -0.1) is 0 Å². The minimum absolute atomic E-state index is 0.0293. The molecule has 1 fully saturated rings. The molecule has 0 aromatic carbocycles. The van der Waals surface area contributed by atoms with Crippen molar-refractivity contribution < 1.29 is 9.21 Å². The maximum absolute atomic E-state index is 11.3. The van der Waals surface area contributed by atoms with Gasteiger partial charge in [0.2, 0.25) is 0 Å². The van der Waals surface area contributed by atoms with Crippen LogP contribution in [0.4, 0.5) is 4.79 Å². The molecule has 3 N–H and O–H groups in total. The molecule has 0 spiro atoms. The Hall–Kier alpha value is -1.49. The van der Waals surface area contributed by atoms with E-state index in [4.69, 9.17) is 10.2 Å². The van der Waals surface area contributed by atoms with Gasteiger partial charge in [0.25, 0.3) is 0 Å². The Morgan fingerprint density at radius 3 is 3.00 bits per heavy atom. The lowest BCUT2D eigenvalue weighted by Crippen LogP contribution is -2.27. The van der Waals surface area contributed by atoms with Crippen LogP contribution in [0.25, 0.3) is 0 Å². The standard InChI is InChI=1S/C10H15N3O2/c1-7-8(5-11)4-9(15-7)6-13-3-2-12-10(13)14/h4H,2-3,5-6,11H2,1H3,(H,12,14). The summed E-state index contributed by atoms with van der Waals surface area (Å²) in [5.74, 6) is 1.64. The van der Waals surface area contributed by atoms with Crippen LogP contribution in [0.15, 0.2) is 10.5 Å². The van der Waals surface area contributed by atoms with Crippen LogP contribution in [0.3, 0.4) is 0 Å². The molecule has 0 unspecified atom stereocenters. The maximum atomic E-state index is 11.3. The number of nitrogens with one attached hydrogen (secondary N) is 1. The zero-order valence-electron chi connectivity index (χ0n) is 8.75. The predicted molar refractivity (Wildman–Crippen MR) is 55.1 cm³/mol. The predicted octanol–water partition coefficient (Wildman–Crippen LogP) is 0.572. The molecule has 15 heavy (non-hydrogen) atoms. The summed E-state index contributed by atoms with van der Waals surface area (Å²) < 4.78 is 5.51. The molecule has 2 heterocycles. The largest absolute Gasteiger partial charge is 0.464 e. The highest BCUT2D eigenvalue weighted by Crippen LogP contribution is 2.16. The van der Waals surface area contributed by atoms with E-state index in [0.717, 1.165) is 23.6 Å². The van der Waals surface area contributed by atoms with Crippen LogP contribution in [0, 0.1) is 6.92 Å². The highest BCUT2D eigenvalue weighted by molar-refractivity contribution is 5.76. The number of hydrogen-bond donors (Lipinski definition) is 2. The van der Waals surface area contributed by atoms with Gasteiger partial charge in [0.1, 0.15) is 11.5 Å². The van der Waals surface area contributed by atoms with Gasteiger partial charge in [0.15, 0.2) is 0 Å². The second kappa shape index (κ2) is 3.94. The molecule has 1 aromatic rings. The van der Waals surface area contributed by atoms with Gasteiger partial charge in [-0.3, -0.25) is 0 Å². The lowest BCUT2D eigenvalue weighted by atomic mass is 10.2. The first-order valence-electron chi connectivity index (χ1n) is 5.01. The summed E-state index contributed by atoms with van der Waals surface area (Å²) in [7, 11) is 0. The number of carbonyl (C=O) groups is 1. The molecule has 1 aromatic heterocycles. The lowest BCUT2D eigenvalue weighted by Gasteiger charge is -2.11. The van der Waals surface area contributed by atoms with Gasteiger partial charge in [0.05, 0.1) is 6.54 Å². The van der Waals surface area contributed by atoms with E-state index in [0.29, 0.717) is 19.6 Å². The van der Waals surface area contributed by atoms with Crippen molar-refractivity contribution >= 4 is 6.03 Å². The molecule has 5 heteroatoms. The van der Waals surface area contributed by atoms with Gasteiger partial charge in [-0.25, -0.2) is 4.79 Å². The summed E-state index contributed by atoms with van der Waals surface area (Å²) >= 11 is 0. The summed E-state index contributed by atoms with van der Waals surface area (Å²) in [6.07, 6.45) is 0. The van der Waals surface area contributed by atoms with Crippen LogP contribution in [0.5, 0.6) is 0 Å². The number of rotatable bonds is 3. The Balaban J connectivity index is 2.07. The molecule has 1 aliphatic heterocycles. The van der Waals surface area contributed by atoms with Gasteiger partial charge < -0.3 is 20.4 Å². The van der Waals surface area contributed by atoms with E-state index in [9.17, 15) is 4.79 Å². The van der Waals surface area contributed by atoms with E-state index in [1.54, 1.807) is 4.90 Å². The fourth-order valence-corrected chi connectivity index (χ4v) is 1.72. The van der Waals surface area contributed by atoms with E-state index in [2.05, 4.69) is 5.32 Å².